The number of carbonyl (C=O) groups excluding carboxylic acids is 2. The molecule has 0 aromatic heterocycles. The first-order chi connectivity index (χ1) is 8.56. The van der Waals surface area contributed by atoms with E-state index in [1.54, 1.807) is 19.1 Å². The van der Waals surface area contributed by atoms with Crippen molar-refractivity contribution >= 4 is 23.7 Å². The number of rotatable bonds is 4. The zero-order valence-corrected chi connectivity index (χ0v) is 11.1. The summed E-state index contributed by atoms with van der Waals surface area (Å²) in [5.74, 6) is -0.342. The van der Waals surface area contributed by atoms with Crippen molar-refractivity contribution in [2.75, 3.05) is 7.05 Å². The molecule has 0 aliphatic carbocycles. The molecule has 5 nitrogen and oxygen atoms in total. The van der Waals surface area contributed by atoms with E-state index in [0.29, 0.717) is 0 Å². The monoisotopic (exact) mass is 268 g/mol. The van der Waals surface area contributed by atoms with Crippen molar-refractivity contribution < 1.29 is 14.7 Å². The number of thioether (sulfide) groups is 1. The van der Waals surface area contributed by atoms with Crippen LogP contribution in [0.15, 0.2) is 29.2 Å². The maximum Gasteiger partial charge on any atom is 0.321 e. The van der Waals surface area contributed by atoms with Gasteiger partial charge in [-0.1, -0.05) is 12.1 Å². The highest BCUT2D eigenvalue weighted by molar-refractivity contribution is 8.00. The fraction of sp³-hybridized carbons (Fsp3) is 0.333. The average molecular weight is 268 g/mol. The summed E-state index contributed by atoms with van der Waals surface area (Å²) in [6.07, 6.45) is 0. The van der Waals surface area contributed by atoms with Gasteiger partial charge in [-0.3, -0.25) is 10.1 Å². The Morgan fingerprint density at radius 2 is 1.94 bits per heavy atom. The number of aliphatic hydroxyl groups is 1. The summed E-state index contributed by atoms with van der Waals surface area (Å²) in [5.41, 5.74) is 0.821. The number of benzene rings is 1. The number of carbonyl (C=O) groups is 2. The summed E-state index contributed by atoms with van der Waals surface area (Å²) in [5, 5.41) is 13.1. The van der Waals surface area contributed by atoms with Gasteiger partial charge in [0.1, 0.15) is 0 Å². The Morgan fingerprint density at radius 1 is 1.33 bits per heavy atom. The van der Waals surface area contributed by atoms with Crippen LogP contribution in [0.25, 0.3) is 0 Å². The predicted octanol–water partition coefficient (Wildman–Crippen LogP) is 1.12. The molecule has 0 aliphatic rings. The summed E-state index contributed by atoms with van der Waals surface area (Å²) in [7, 11) is 1.45. The molecule has 98 valence electrons. The van der Waals surface area contributed by atoms with Crippen LogP contribution in [0.2, 0.25) is 0 Å². The van der Waals surface area contributed by atoms with E-state index < -0.39 is 6.03 Å². The van der Waals surface area contributed by atoms with Gasteiger partial charge in [-0.05, 0) is 24.6 Å². The van der Waals surface area contributed by atoms with Crippen LogP contribution in [-0.4, -0.2) is 29.3 Å². The lowest BCUT2D eigenvalue weighted by molar-refractivity contribution is -0.119. The summed E-state index contributed by atoms with van der Waals surface area (Å²) in [6, 6.07) is 6.75. The second-order valence-corrected chi connectivity index (χ2v) is 5.04. The maximum absolute atomic E-state index is 11.6. The highest BCUT2D eigenvalue weighted by Crippen LogP contribution is 2.23. The third kappa shape index (κ3) is 4.38. The van der Waals surface area contributed by atoms with E-state index >= 15 is 0 Å². The molecule has 0 saturated heterocycles. The van der Waals surface area contributed by atoms with Crippen molar-refractivity contribution in [1.29, 1.82) is 0 Å². The molecule has 1 atom stereocenters. The number of amides is 3. The lowest BCUT2D eigenvalue weighted by Gasteiger charge is -2.11. The summed E-state index contributed by atoms with van der Waals surface area (Å²) < 4.78 is 0. The van der Waals surface area contributed by atoms with Crippen LogP contribution in [0.5, 0.6) is 0 Å². The lowest BCUT2D eigenvalue weighted by Crippen LogP contribution is -2.41. The Bertz CT molecular complexity index is 420. The number of hydrogen-bond acceptors (Lipinski definition) is 4. The SMILES string of the molecule is CNC(=O)NC(=O)C(C)Sc1ccc(CO)cc1. The first-order valence-electron chi connectivity index (χ1n) is 5.46. The standard InChI is InChI=1S/C12H16N2O3S/c1-8(11(16)14-12(17)13-2)18-10-5-3-9(7-15)4-6-10/h3-6,8,15H,7H2,1-2H3,(H2,13,14,16,17). The van der Waals surface area contributed by atoms with Gasteiger partial charge in [-0.25, -0.2) is 4.79 Å². The van der Waals surface area contributed by atoms with Crippen molar-refractivity contribution in [2.45, 2.75) is 23.7 Å². The normalized spacial score (nSPS) is 11.7. The van der Waals surface area contributed by atoms with Gasteiger partial charge in [-0.2, -0.15) is 0 Å². The summed E-state index contributed by atoms with van der Waals surface area (Å²) in [6.45, 7) is 1.72. The van der Waals surface area contributed by atoms with Crippen LogP contribution in [0.4, 0.5) is 4.79 Å². The van der Waals surface area contributed by atoms with E-state index in [1.165, 1.54) is 18.8 Å². The molecule has 0 radical (unpaired) electrons. The molecule has 0 fully saturated rings. The second-order valence-electron chi connectivity index (χ2n) is 3.63. The third-order valence-electron chi connectivity index (χ3n) is 2.25. The van der Waals surface area contributed by atoms with Gasteiger partial charge in [0.15, 0.2) is 0 Å². The van der Waals surface area contributed by atoms with Crippen molar-refractivity contribution in [1.82, 2.24) is 10.6 Å². The molecule has 0 heterocycles. The Kier molecular flexibility index (Phi) is 5.67. The Labute approximate surface area is 110 Å². The van der Waals surface area contributed by atoms with E-state index in [4.69, 9.17) is 5.11 Å². The van der Waals surface area contributed by atoms with Gasteiger partial charge >= 0.3 is 6.03 Å². The molecule has 6 heteroatoms. The van der Waals surface area contributed by atoms with Crippen LogP contribution in [0.1, 0.15) is 12.5 Å². The quantitative estimate of drug-likeness (QED) is 0.715. The lowest BCUT2D eigenvalue weighted by atomic mass is 10.2. The number of hydrogen-bond donors (Lipinski definition) is 3. The highest BCUT2D eigenvalue weighted by atomic mass is 32.2. The fourth-order valence-electron chi connectivity index (χ4n) is 1.21. The van der Waals surface area contributed by atoms with E-state index in [0.717, 1.165) is 10.5 Å². The summed E-state index contributed by atoms with van der Waals surface area (Å²) in [4.78, 5) is 23.5. The van der Waals surface area contributed by atoms with Crippen LogP contribution < -0.4 is 10.6 Å². The molecule has 0 spiro atoms. The van der Waals surface area contributed by atoms with E-state index in [9.17, 15) is 9.59 Å². The zero-order valence-electron chi connectivity index (χ0n) is 10.3. The summed E-state index contributed by atoms with van der Waals surface area (Å²) >= 11 is 1.35. The second kappa shape index (κ2) is 7.03. The predicted molar refractivity (Wildman–Crippen MR) is 70.3 cm³/mol. The largest absolute Gasteiger partial charge is 0.392 e. The first kappa shape index (κ1) is 14.5. The van der Waals surface area contributed by atoms with Crippen LogP contribution in [-0.2, 0) is 11.4 Å². The zero-order chi connectivity index (χ0) is 13.5. The number of urea groups is 1. The van der Waals surface area contributed by atoms with Gasteiger partial charge in [0.25, 0.3) is 0 Å². The van der Waals surface area contributed by atoms with Crippen LogP contribution in [0, 0.1) is 0 Å². The number of imide groups is 1. The highest BCUT2D eigenvalue weighted by Gasteiger charge is 2.16. The van der Waals surface area contributed by atoms with Gasteiger partial charge in [0, 0.05) is 11.9 Å². The molecule has 18 heavy (non-hydrogen) atoms. The molecule has 1 rings (SSSR count). The molecule has 1 aromatic rings. The molecule has 0 bridgehead atoms. The van der Waals surface area contributed by atoms with Crippen molar-refractivity contribution in [3.8, 4) is 0 Å². The molecular weight excluding hydrogens is 252 g/mol. The minimum absolute atomic E-state index is 0.00232. The minimum atomic E-state index is -0.511. The third-order valence-corrected chi connectivity index (χ3v) is 3.36. The average Bonchev–Trinajstić information content (AvgIpc) is 2.39. The molecule has 1 aromatic carbocycles. The minimum Gasteiger partial charge on any atom is -0.392 e. The van der Waals surface area contributed by atoms with E-state index in [2.05, 4.69) is 10.6 Å². The Morgan fingerprint density at radius 3 is 2.44 bits per heavy atom. The number of nitrogens with one attached hydrogen (secondary N) is 2. The number of aliphatic hydroxyl groups excluding tert-OH is 1. The van der Waals surface area contributed by atoms with Crippen LogP contribution in [0.3, 0.4) is 0 Å². The van der Waals surface area contributed by atoms with Crippen molar-refractivity contribution in [2.24, 2.45) is 0 Å². The van der Waals surface area contributed by atoms with Gasteiger partial charge in [-0.15, -0.1) is 11.8 Å². The molecular formula is C12H16N2O3S. The van der Waals surface area contributed by atoms with Crippen molar-refractivity contribution in [3.05, 3.63) is 29.8 Å². The van der Waals surface area contributed by atoms with E-state index in [-0.39, 0.29) is 17.8 Å². The van der Waals surface area contributed by atoms with Gasteiger partial charge in [0.05, 0.1) is 11.9 Å². The van der Waals surface area contributed by atoms with Crippen molar-refractivity contribution in [3.63, 3.8) is 0 Å². The first-order valence-corrected chi connectivity index (χ1v) is 6.33. The maximum atomic E-state index is 11.6. The molecule has 1 unspecified atom stereocenters. The Hall–Kier alpha value is -1.53. The molecule has 3 N–H and O–H groups in total. The van der Waals surface area contributed by atoms with Gasteiger partial charge in [0.2, 0.25) is 5.91 Å². The van der Waals surface area contributed by atoms with E-state index in [1.807, 2.05) is 12.1 Å². The topological polar surface area (TPSA) is 78.4 Å². The molecule has 0 saturated carbocycles. The van der Waals surface area contributed by atoms with Crippen LogP contribution >= 0.6 is 11.8 Å². The molecule has 3 amide bonds. The Balaban J connectivity index is 2.55. The fourth-order valence-corrected chi connectivity index (χ4v) is 2.07. The smallest absolute Gasteiger partial charge is 0.321 e. The van der Waals surface area contributed by atoms with Gasteiger partial charge < -0.3 is 10.4 Å². The molecule has 0 aliphatic heterocycles.